The van der Waals surface area contributed by atoms with Gasteiger partial charge in [-0.25, -0.2) is 4.79 Å². The van der Waals surface area contributed by atoms with E-state index in [1.807, 2.05) is 62.4 Å². The van der Waals surface area contributed by atoms with Gasteiger partial charge >= 0.3 is 6.03 Å². The molecule has 2 heterocycles. The first-order valence-corrected chi connectivity index (χ1v) is 9.65. The normalized spacial score (nSPS) is 16.8. The van der Waals surface area contributed by atoms with Crippen LogP contribution in [-0.2, 0) is 0 Å². The first kappa shape index (κ1) is 18.2. The molecule has 1 fully saturated rings. The van der Waals surface area contributed by atoms with Crippen LogP contribution in [0.15, 0.2) is 53.1 Å². The molecule has 1 aliphatic rings. The lowest BCUT2D eigenvalue weighted by Crippen LogP contribution is -2.41. The fourth-order valence-corrected chi connectivity index (χ4v) is 3.62. The zero-order chi connectivity index (χ0) is 19.5. The van der Waals surface area contributed by atoms with Crippen molar-refractivity contribution < 1.29 is 9.32 Å². The Hall–Kier alpha value is -3.15. The predicted molar refractivity (Wildman–Crippen MR) is 108 cm³/mol. The number of aryl methyl sites for hydroxylation is 2. The monoisotopic (exact) mass is 376 g/mol. The topological polar surface area (TPSA) is 71.3 Å². The van der Waals surface area contributed by atoms with E-state index in [0.29, 0.717) is 18.3 Å². The molecule has 1 unspecified atom stereocenters. The third-order valence-electron chi connectivity index (χ3n) is 5.04. The Morgan fingerprint density at radius 2 is 1.89 bits per heavy atom. The maximum absolute atomic E-state index is 12.9. The smallest absolute Gasteiger partial charge is 0.322 e. The molecule has 2 aromatic carbocycles. The fourth-order valence-electron chi connectivity index (χ4n) is 3.62. The van der Waals surface area contributed by atoms with E-state index in [2.05, 4.69) is 15.5 Å². The van der Waals surface area contributed by atoms with E-state index < -0.39 is 0 Å². The fraction of sp³-hybridized carbons (Fsp3) is 0.318. The molecule has 1 aromatic heterocycles. The van der Waals surface area contributed by atoms with Gasteiger partial charge in [-0.15, -0.1) is 0 Å². The van der Waals surface area contributed by atoms with Crippen LogP contribution in [0.2, 0.25) is 0 Å². The van der Waals surface area contributed by atoms with E-state index in [9.17, 15) is 4.79 Å². The van der Waals surface area contributed by atoms with Crippen molar-refractivity contribution in [2.24, 2.45) is 0 Å². The van der Waals surface area contributed by atoms with Crippen molar-refractivity contribution in [2.75, 3.05) is 11.9 Å². The van der Waals surface area contributed by atoms with Gasteiger partial charge in [-0.3, -0.25) is 0 Å². The molecule has 0 radical (unpaired) electrons. The summed E-state index contributed by atoms with van der Waals surface area (Å²) in [5.74, 6) is 1.05. The van der Waals surface area contributed by atoms with Crippen LogP contribution >= 0.6 is 0 Å². The number of hydrogen-bond acceptors (Lipinski definition) is 4. The highest BCUT2D eigenvalue weighted by Crippen LogP contribution is 2.31. The molecule has 1 saturated heterocycles. The number of hydrogen-bond donors (Lipinski definition) is 1. The molecule has 28 heavy (non-hydrogen) atoms. The van der Waals surface area contributed by atoms with Crippen LogP contribution in [0, 0.1) is 13.8 Å². The average molecular weight is 376 g/mol. The highest BCUT2D eigenvalue weighted by molar-refractivity contribution is 5.89. The third-order valence-corrected chi connectivity index (χ3v) is 5.04. The molecule has 144 valence electrons. The third kappa shape index (κ3) is 3.91. The zero-order valence-corrected chi connectivity index (χ0v) is 16.2. The second-order valence-corrected chi connectivity index (χ2v) is 7.33. The molecule has 0 spiro atoms. The number of piperidine rings is 1. The quantitative estimate of drug-likeness (QED) is 0.689. The average Bonchev–Trinajstić information content (AvgIpc) is 3.18. The lowest BCUT2D eigenvalue weighted by atomic mass is 10.0. The van der Waals surface area contributed by atoms with Crippen molar-refractivity contribution in [3.63, 3.8) is 0 Å². The van der Waals surface area contributed by atoms with Crippen LogP contribution in [-0.4, -0.2) is 27.6 Å². The zero-order valence-electron chi connectivity index (χ0n) is 16.2. The Balaban J connectivity index is 1.55. The van der Waals surface area contributed by atoms with E-state index in [-0.39, 0.29) is 12.1 Å². The minimum Gasteiger partial charge on any atom is -0.337 e. The number of nitrogens with one attached hydrogen (secondary N) is 1. The van der Waals surface area contributed by atoms with Crippen LogP contribution in [0.25, 0.3) is 11.4 Å². The number of aromatic nitrogens is 2. The SMILES string of the molecule is Cc1cccc(NC(=O)N2CCCCC2c2nc(-c3cccc(C)c3)no2)c1. The number of rotatable bonds is 3. The van der Waals surface area contributed by atoms with Crippen LogP contribution in [0.5, 0.6) is 0 Å². The molecular weight excluding hydrogens is 352 g/mol. The van der Waals surface area contributed by atoms with E-state index in [0.717, 1.165) is 41.6 Å². The number of amides is 2. The molecule has 0 bridgehead atoms. The summed E-state index contributed by atoms with van der Waals surface area (Å²) < 4.78 is 5.57. The Morgan fingerprint density at radius 1 is 1.11 bits per heavy atom. The van der Waals surface area contributed by atoms with Crippen LogP contribution in [0.1, 0.15) is 42.3 Å². The lowest BCUT2D eigenvalue weighted by Gasteiger charge is -2.33. The molecule has 0 aliphatic carbocycles. The van der Waals surface area contributed by atoms with Gasteiger partial charge in [-0.2, -0.15) is 4.98 Å². The molecule has 1 aliphatic heterocycles. The number of benzene rings is 2. The van der Waals surface area contributed by atoms with Crippen LogP contribution in [0.3, 0.4) is 0 Å². The Bertz CT molecular complexity index is 982. The molecule has 6 heteroatoms. The van der Waals surface area contributed by atoms with E-state index in [1.54, 1.807) is 4.90 Å². The number of urea groups is 1. The van der Waals surface area contributed by atoms with Crippen LogP contribution < -0.4 is 5.32 Å². The molecule has 2 amide bonds. The highest BCUT2D eigenvalue weighted by Gasteiger charge is 2.32. The molecule has 1 atom stereocenters. The Morgan fingerprint density at radius 3 is 2.68 bits per heavy atom. The van der Waals surface area contributed by atoms with Crippen molar-refractivity contribution in [2.45, 2.75) is 39.2 Å². The summed E-state index contributed by atoms with van der Waals surface area (Å²) in [6.07, 6.45) is 2.81. The van der Waals surface area contributed by atoms with Gasteiger partial charge in [0.25, 0.3) is 0 Å². The first-order chi connectivity index (χ1) is 13.6. The predicted octanol–water partition coefficient (Wildman–Crippen LogP) is 5.11. The van der Waals surface area contributed by atoms with Gasteiger partial charge < -0.3 is 14.7 Å². The summed E-state index contributed by atoms with van der Waals surface area (Å²) in [6.45, 7) is 4.71. The number of nitrogens with zero attached hydrogens (tertiary/aromatic N) is 3. The van der Waals surface area contributed by atoms with Gasteiger partial charge in [-0.1, -0.05) is 41.1 Å². The molecular formula is C22H24N4O2. The van der Waals surface area contributed by atoms with Gasteiger partial charge in [0.05, 0.1) is 0 Å². The molecule has 1 N–H and O–H groups in total. The van der Waals surface area contributed by atoms with E-state index in [1.165, 1.54) is 0 Å². The largest absolute Gasteiger partial charge is 0.337 e. The summed E-state index contributed by atoms with van der Waals surface area (Å²) >= 11 is 0. The highest BCUT2D eigenvalue weighted by atomic mass is 16.5. The van der Waals surface area contributed by atoms with Gasteiger partial charge in [0.2, 0.25) is 11.7 Å². The second kappa shape index (κ2) is 7.84. The lowest BCUT2D eigenvalue weighted by molar-refractivity contribution is 0.142. The minimum absolute atomic E-state index is 0.134. The summed E-state index contributed by atoms with van der Waals surface area (Å²) in [7, 11) is 0. The maximum atomic E-state index is 12.9. The minimum atomic E-state index is -0.204. The van der Waals surface area contributed by atoms with Gasteiger partial charge in [0.1, 0.15) is 6.04 Å². The van der Waals surface area contributed by atoms with Crippen molar-refractivity contribution >= 4 is 11.7 Å². The standard InChI is InChI=1S/C22H24N4O2/c1-15-7-5-9-17(13-15)20-24-21(28-25-20)19-11-3-4-12-26(19)22(27)23-18-10-6-8-16(2)14-18/h5-10,13-14,19H,3-4,11-12H2,1-2H3,(H,23,27). The van der Waals surface area contributed by atoms with Crippen molar-refractivity contribution in [1.29, 1.82) is 0 Å². The number of anilines is 1. The van der Waals surface area contributed by atoms with Crippen LogP contribution in [0.4, 0.5) is 10.5 Å². The number of carbonyl (C=O) groups excluding carboxylic acids is 1. The first-order valence-electron chi connectivity index (χ1n) is 9.65. The van der Waals surface area contributed by atoms with E-state index >= 15 is 0 Å². The van der Waals surface area contributed by atoms with Gasteiger partial charge in [-0.05, 0) is 56.9 Å². The summed E-state index contributed by atoms with van der Waals surface area (Å²) in [6, 6.07) is 15.4. The number of likely N-dealkylation sites (tertiary alicyclic amines) is 1. The van der Waals surface area contributed by atoms with Crippen molar-refractivity contribution in [3.05, 3.63) is 65.5 Å². The number of carbonyl (C=O) groups is 1. The molecule has 0 saturated carbocycles. The van der Waals surface area contributed by atoms with E-state index in [4.69, 9.17) is 4.52 Å². The maximum Gasteiger partial charge on any atom is 0.322 e. The van der Waals surface area contributed by atoms with Gasteiger partial charge in [0.15, 0.2) is 0 Å². The Kier molecular flexibility index (Phi) is 5.10. The molecule has 6 nitrogen and oxygen atoms in total. The van der Waals surface area contributed by atoms with Crippen molar-refractivity contribution in [3.8, 4) is 11.4 Å². The van der Waals surface area contributed by atoms with Crippen molar-refractivity contribution in [1.82, 2.24) is 15.0 Å². The second-order valence-electron chi connectivity index (χ2n) is 7.33. The summed E-state index contributed by atoms with van der Waals surface area (Å²) in [5.41, 5.74) is 3.95. The summed E-state index contributed by atoms with van der Waals surface area (Å²) in [4.78, 5) is 19.3. The molecule has 3 aromatic rings. The van der Waals surface area contributed by atoms with Gasteiger partial charge in [0, 0.05) is 17.8 Å². The summed E-state index contributed by atoms with van der Waals surface area (Å²) in [5, 5.41) is 7.14. The molecule has 4 rings (SSSR count). The Labute approximate surface area is 164 Å².